The molecule has 1 aromatic heterocycles. The van der Waals surface area contributed by atoms with Gasteiger partial charge in [-0.2, -0.15) is 0 Å². The topological polar surface area (TPSA) is 84.7 Å². The number of nitrogens with zero attached hydrogens (tertiary/aromatic N) is 1. The molecular formula is C19H23N3O3S. The van der Waals surface area contributed by atoms with Gasteiger partial charge in [-0.3, -0.25) is 4.79 Å². The van der Waals surface area contributed by atoms with Crippen LogP contribution in [0.4, 0.5) is 4.79 Å². The number of hydrogen-bond donors (Lipinski definition) is 2. The SMILES string of the molecule is COc1cccc(C2CCCN2C(=O)CC(NC(N)=O)c2cccs2)c1. The molecule has 3 rings (SSSR count). The third kappa shape index (κ3) is 4.16. The van der Waals surface area contributed by atoms with Crippen molar-refractivity contribution in [3.05, 3.63) is 52.2 Å². The van der Waals surface area contributed by atoms with Crippen LogP contribution in [0.15, 0.2) is 41.8 Å². The van der Waals surface area contributed by atoms with Gasteiger partial charge in [-0.05, 0) is 42.0 Å². The average Bonchev–Trinajstić information content (AvgIpc) is 3.32. The number of ether oxygens (including phenoxy) is 1. The van der Waals surface area contributed by atoms with E-state index in [0.29, 0.717) is 6.54 Å². The van der Waals surface area contributed by atoms with Gasteiger partial charge in [0.05, 0.1) is 25.6 Å². The summed E-state index contributed by atoms with van der Waals surface area (Å²) in [6.07, 6.45) is 2.08. The highest BCUT2D eigenvalue weighted by atomic mass is 32.1. The van der Waals surface area contributed by atoms with Crippen LogP contribution in [0.1, 0.15) is 41.8 Å². The molecule has 26 heavy (non-hydrogen) atoms. The number of thiophene rings is 1. The van der Waals surface area contributed by atoms with E-state index in [4.69, 9.17) is 10.5 Å². The second-order valence-corrected chi connectivity index (χ2v) is 7.28. The first-order valence-electron chi connectivity index (χ1n) is 8.61. The molecule has 0 saturated carbocycles. The molecule has 3 N–H and O–H groups in total. The number of hydrogen-bond acceptors (Lipinski definition) is 4. The molecule has 2 unspecified atom stereocenters. The largest absolute Gasteiger partial charge is 0.497 e. The molecule has 7 heteroatoms. The second-order valence-electron chi connectivity index (χ2n) is 6.30. The lowest BCUT2D eigenvalue weighted by molar-refractivity contribution is -0.132. The van der Waals surface area contributed by atoms with Gasteiger partial charge in [0.2, 0.25) is 5.91 Å². The minimum absolute atomic E-state index is 0.0162. The van der Waals surface area contributed by atoms with Crippen LogP contribution in [0.25, 0.3) is 0 Å². The number of rotatable bonds is 6. The van der Waals surface area contributed by atoms with Gasteiger partial charge in [-0.15, -0.1) is 11.3 Å². The van der Waals surface area contributed by atoms with Gasteiger partial charge in [-0.25, -0.2) is 4.79 Å². The molecule has 3 amide bonds. The second kappa shape index (κ2) is 8.23. The fourth-order valence-corrected chi connectivity index (χ4v) is 4.21. The molecule has 1 aliphatic rings. The van der Waals surface area contributed by atoms with Crippen molar-refractivity contribution < 1.29 is 14.3 Å². The molecule has 1 saturated heterocycles. The van der Waals surface area contributed by atoms with Crippen molar-refractivity contribution in [2.45, 2.75) is 31.3 Å². The molecule has 2 atom stereocenters. The highest BCUT2D eigenvalue weighted by Crippen LogP contribution is 2.35. The zero-order chi connectivity index (χ0) is 18.5. The number of urea groups is 1. The van der Waals surface area contributed by atoms with Crippen LogP contribution in [0.2, 0.25) is 0 Å². The summed E-state index contributed by atoms with van der Waals surface area (Å²) in [4.78, 5) is 27.1. The lowest BCUT2D eigenvalue weighted by Crippen LogP contribution is -2.38. The van der Waals surface area contributed by atoms with E-state index in [-0.39, 0.29) is 18.4 Å². The number of carbonyl (C=O) groups excluding carboxylic acids is 2. The normalized spacial score (nSPS) is 17.7. The first-order valence-corrected chi connectivity index (χ1v) is 9.49. The van der Waals surface area contributed by atoms with E-state index in [1.807, 2.05) is 46.7 Å². The van der Waals surface area contributed by atoms with Gasteiger partial charge in [0.15, 0.2) is 0 Å². The van der Waals surface area contributed by atoms with Crippen molar-refractivity contribution >= 4 is 23.3 Å². The number of primary amides is 1. The van der Waals surface area contributed by atoms with Gasteiger partial charge in [0.25, 0.3) is 0 Å². The summed E-state index contributed by atoms with van der Waals surface area (Å²) < 4.78 is 5.30. The van der Waals surface area contributed by atoms with Gasteiger partial charge in [0.1, 0.15) is 5.75 Å². The molecular weight excluding hydrogens is 350 g/mol. The summed E-state index contributed by atoms with van der Waals surface area (Å²) in [7, 11) is 1.64. The summed E-state index contributed by atoms with van der Waals surface area (Å²) in [5, 5.41) is 4.61. The van der Waals surface area contributed by atoms with E-state index in [1.54, 1.807) is 7.11 Å². The smallest absolute Gasteiger partial charge is 0.312 e. The van der Waals surface area contributed by atoms with Crippen molar-refractivity contribution in [2.24, 2.45) is 5.73 Å². The Morgan fingerprint density at radius 3 is 2.92 bits per heavy atom. The number of likely N-dealkylation sites (tertiary alicyclic amines) is 1. The van der Waals surface area contributed by atoms with E-state index in [9.17, 15) is 9.59 Å². The Hall–Kier alpha value is -2.54. The average molecular weight is 373 g/mol. The van der Waals surface area contributed by atoms with E-state index in [2.05, 4.69) is 5.32 Å². The van der Waals surface area contributed by atoms with Crippen LogP contribution in [-0.4, -0.2) is 30.5 Å². The van der Waals surface area contributed by atoms with Crippen LogP contribution in [0.5, 0.6) is 5.75 Å². The van der Waals surface area contributed by atoms with Crippen LogP contribution >= 0.6 is 11.3 Å². The molecule has 2 heterocycles. The van der Waals surface area contributed by atoms with Gasteiger partial charge in [-0.1, -0.05) is 18.2 Å². The maximum atomic E-state index is 13.0. The number of benzene rings is 1. The molecule has 0 spiro atoms. The van der Waals surface area contributed by atoms with E-state index >= 15 is 0 Å². The summed E-state index contributed by atoms with van der Waals surface area (Å²) >= 11 is 1.50. The predicted octanol–water partition coefficient (Wildman–Crippen LogP) is 3.22. The quantitative estimate of drug-likeness (QED) is 0.815. The number of methoxy groups -OCH3 is 1. The summed E-state index contributed by atoms with van der Waals surface area (Å²) in [5.41, 5.74) is 6.37. The molecule has 0 bridgehead atoms. The molecule has 1 aliphatic heterocycles. The number of amides is 3. The standard InChI is InChI=1S/C19H23N3O3S/c1-25-14-6-2-5-13(11-14)16-7-3-9-22(16)18(23)12-15(21-19(20)24)17-8-4-10-26-17/h2,4-6,8,10-11,15-16H,3,7,9,12H2,1H3,(H3,20,21,24). The van der Waals surface area contributed by atoms with E-state index in [1.165, 1.54) is 11.3 Å². The Balaban J connectivity index is 1.75. The predicted molar refractivity (Wildman–Crippen MR) is 101 cm³/mol. The van der Waals surface area contributed by atoms with Crippen LogP contribution in [0.3, 0.4) is 0 Å². The molecule has 2 aromatic rings. The van der Waals surface area contributed by atoms with Crippen LogP contribution < -0.4 is 15.8 Å². The van der Waals surface area contributed by atoms with Crippen molar-refractivity contribution in [3.8, 4) is 5.75 Å². The molecule has 0 radical (unpaired) electrons. The van der Waals surface area contributed by atoms with Gasteiger partial charge in [0, 0.05) is 11.4 Å². The Bertz CT molecular complexity index is 763. The third-order valence-electron chi connectivity index (χ3n) is 4.63. The highest BCUT2D eigenvalue weighted by molar-refractivity contribution is 7.10. The van der Waals surface area contributed by atoms with E-state index in [0.717, 1.165) is 29.0 Å². The number of carbonyl (C=O) groups is 2. The first-order chi connectivity index (χ1) is 12.6. The number of nitrogens with one attached hydrogen (secondary N) is 1. The maximum absolute atomic E-state index is 13.0. The lowest BCUT2D eigenvalue weighted by atomic mass is 10.0. The van der Waals surface area contributed by atoms with Crippen molar-refractivity contribution in [3.63, 3.8) is 0 Å². The Morgan fingerprint density at radius 1 is 1.38 bits per heavy atom. The molecule has 1 fully saturated rings. The zero-order valence-corrected chi connectivity index (χ0v) is 15.5. The zero-order valence-electron chi connectivity index (χ0n) is 14.7. The van der Waals surface area contributed by atoms with Crippen molar-refractivity contribution in [1.82, 2.24) is 10.2 Å². The fraction of sp³-hybridized carbons (Fsp3) is 0.368. The van der Waals surface area contributed by atoms with Crippen molar-refractivity contribution in [2.75, 3.05) is 13.7 Å². The van der Waals surface area contributed by atoms with Crippen LogP contribution in [-0.2, 0) is 4.79 Å². The third-order valence-corrected chi connectivity index (χ3v) is 5.62. The first kappa shape index (κ1) is 18.3. The monoisotopic (exact) mass is 373 g/mol. The van der Waals surface area contributed by atoms with E-state index < -0.39 is 12.1 Å². The fourth-order valence-electron chi connectivity index (χ4n) is 3.44. The Kier molecular flexibility index (Phi) is 5.78. The minimum atomic E-state index is -0.623. The summed E-state index contributed by atoms with van der Waals surface area (Å²) in [5.74, 6) is 0.802. The maximum Gasteiger partial charge on any atom is 0.312 e. The Labute approximate surface area is 156 Å². The minimum Gasteiger partial charge on any atom is -0.497 e. The molecule has 6 nitrogen and oxygen atoms in total. The molecule has 1 aromatic carbocycles. The number of nitrogens with two attached hydrogens (primary N) is 1. The van der Waals surface area contributed by atoms with Crippen LogP contribution in [0, 0.1) is 0 Å². The molecule has 138 valence electrons. The van der Waals surface area contributed by atoms with Gasteiger partial charge >= 0.3 is 6.03 Å². The Morgan fingerprint density at radius 2 is 2.23 bits per heavy atom. The van der Waals surface area contributed by atoms with Gasteiger partial charge < -0.3 is 20.7 Å². The summed E-state index contributed by atoms with van der Waals surface area (Å²) in [6.45, 7) is 0.717. The highest BCUT2D eigenvalue weighted by Gasteiger charge is 2.32. The summed E-state index contributed by atoms with van der Waals surface area (Å²) in [6, 6.07) is 10.7. The lowest BCUT2D eigenvalue weighted by Gasteiger charge is -2.27. The molecule has 0 aliphatic carbocycles. The van der Waals surface area contributed by atoms with Crippen molar-refractivity contribution in [1.29, 1.82) is 0 Å².